The van der Waals surface area contributed by atoms with E-state index in [0.717, 1.165) is 84.1 Å². The van der Waals surface area contributed by atoms with Gasteiger partial charge in [-0.3, -0.25) is 0 Å². The summed E-state index contributed by atoms with van der Waals surface area (Å²) in [5.41, 5.74) is 1.17. The summed E-state index contributed by atoms with van der Waals surface area (Å²) in [7, 11) is 0. The van der Waals surface area contributed by atoms with Gasteiger partial charge in [-0.1, -0.05) is 24.6 Å². The van der Waals surface area contributed by atoms with Crippen LogP contribution in [0.4, 0.5) is 0 Å². The Hall–Kier alpha value is -1.02. The molecule has 8 fully saturated rings. The van der Waals surface area contributed by atoms with E-state index < -0.39 is 0 Å². The van der Waals surface area contributed by atoms with Gasteiger partial charge in [-0.25, -0.2) is 0 Å². The lowest BCUT2D eigenvalue weighted by atomic mass is 9.40. The highest BCUT2D eigenvalue weighted by Crippen LogP contribution is 3.01. The Bertz CT molecular complexity index is 974. The molecule has 2 spiro atoms. The summed E-state index contributed by atoms with van der Waals surface area (Å²) in [5, 5.41) is 0. The molecule has 0 radical (unpaired) electrons. The molecule has 0 bridgehead atoms. The summed E-state index contributed by atoms with van der Waals surface area (Å²) in [4.78, 5) is 0. The Morgan fingerprint density at radius 2 is 1.62 bits per heavy atom. The minimum Gasteiger partial charge on any atom is -0.493 e. The highest BCUT2D eigenvalue weighted by Gasteiger charge is 3.03. The number of hydrogen-bond acceptors (Lipinski definition) is 2. The van der Waals surface area contributed by atoms with E-state index in [4.69, 9.17) is 9.47 Å². The molecule has 14 atom stereocenters. The van der Waals surface area contributed by atoms with Gasteiger partial charge in [-0.05, 0) is 103 Å². The molecule has 1 aliphatic heterocycles. The van der Waals surface area contributed by atoms with Crippen LogP contribution in [0, 0.1) is 75.9 Å². The zero-order valence-corrected chi connectivity index (χ0v) is 17.0. The van der Waals surface area contributed by atoms with Gasteiger partial charge in [0.2, 0.25) is 0 Å². The largest absolute Gasteiger partial charge is 0.493 e. The fourth-order valence-electron chi connectivity index (χ4n) is 14.2. The number of benzene rings is 1. The van der Waals surface area contributed by atoms with Crippen LogP contribution in [0.15, 0.2) is 30.3 Å². The van der Waals surface area contributed by atoms with Crippen molar-refractivity contribution in [1.82, 2.24) is 0 Å². The zero-order chi connectivity index (χ0) is 18.3. The van der Waals surface area contributed by atoms with Gasteiger partial charge < -0.3 is 9.47 Å². The summed E-state index contributed by atoms with van der Waals surface area (Å²) in [5.74, 6) is 12.2. The first-order valence-electron chi connectivity index (χ1n) is 12.7. The molecule has 7 saturated carbocycles. The maximum Gasteiger partial charge on any atom is 0.119 e. The molecule has 0 unspecified atom stereocenters. The van der Waals surface area contributed by atoms with Crippen molar-refractivity contribution in [2.24, 2.45) is 75.9 Å². The van der Waals surface area contributed by atoms with Crippen LogP contribution >= 0.6 is 0 Å². The average molecular weight is 387 g/mol. The van der Waals surface area contributed by atoms with Gasteiger partial charge >= 0.3 is 0 Å². The van der Waals surface area contributed by atoms with Crippen molar-refractivity contribution >= 4 is 0 Å². The molecule has 7 aliphatic carbocycles. The smallest absolute Gasteiger partial charge is 0.119 e. The third kappa shape index (κ3) is 1.04. The van der Waals surface area contributed by atoms with Crippen LogP contribution in [0.5, 0.6) is 5.75 Å². The van der Waals surface area contributed by atoms with Crippen molar-refractivity contribution in [1.29, 1.82) is 0 Å². The first kappa shape index (κ1) is 14.9. The summed E-state index contributed by atoms with van der Waals surface area (Å²) < 4.78 is 13.8. The van der Waals surface area contributed by atoms with Crippen molar-refractivity contribution in [3.63, 3.8) is 0 Å². The van der Waals surface area contributed by atoms with Crippen LogP contribution in [0.3, 0.4) is 0 Å². The van der Waals surface area contributed by atoms with Crippen molar-refractivity contribution in [2.75, 3.05) is 13.2 Å². The number of ether oxygens (including phenoxy) is 2. The van der Waals surface area contributed by atoms with Crippen LogP contribution < -0.4 is 4.74 Å². The Morgan fingerprint density at radius 3 is 2.45 bits per heavy atom. The highest BCUT2D eigenvalue weighted by molar-refractivity contribution is 5.50. The molecule has 1 heterocycles. The number of rotatable bonds is 3. The predicted octanol–water partition coefficient (Wildman–Crippen LogP) is 4.64. The van der Waals surface area contributed by atoms with Crippen molar-refractivity contribution < 1.29 is 9.47 Å². The minimum absolute atomic E-state index is 0.227. The molecule has 1 aromatic rings. The molecule has 0 N–H and O–H groups in total. The van der Waals surface area contributed by atoms with Gasteiger partial charge in [-0.15, -0.1) is 0 Å². The fourth-order valence-corrected chi connectivity index (χ4v) is 14.2. The molecule has 1 aromatic carbocycles. The lowest BCUT2D eigenvalue weighted by Gasteiger charge is -2.73. The van der Waals surface area contributed by atoms with Gasteiger partial charge in [0.05, 0.1) is 18.8 Å². The Morgan fingerprint density at radius 1 is 0.828 bits per heavy atom. The van der Waals surface area contributed by atoms with E-state index in [1.807, 2.05) is 0 Å². The summed E-state index contributed by atoms with van der Waals surface area (Å²) >= 11 is 0. The first-order chi connectivity index (χ1) is 14.4. The van der Waals surface area contributed by atoms with Crippen LogP contribution in [0.1, 0.15) is 32.1 Å². The molecule has 1 saturated heterocycles. The molecule has 2 nitrogen and oxygen atoms in total. The molecule has 0 amide bonds. The third-order valence-corrected chi connectivity index (χ3v) is 13.3. The van der Waals surface area contributed by atoms with Crippen molar-refractivity contribution in [3.05, 3.63) is 30.3 Å². The number of hydrogen-bond donors (Lipinski definition) is 0. The van der Waals surface area contributed by atoms with Crippen LogP contribution in [-0.4, -0.2) is 18.8 Å². The van der Waals surface area contributed by atoms with Gasteiger partial charge in [0.25, 0.3) is 0 Å². The number of para-hydroxylation sites is 1. The normalized spacial score (nSPS) is 69.3. The molecular weight excluding hydrogens is 356 g/mol. The minimum atomic E-state index is 0.227. The van der Waals surface area contributed by atoms with Gasteiger partial charge in [-0.2, -0.15) is 0 Å². The average Bonchev–Trinajstić information content (AvgIpc) is 3.48. The van der Waals surface area contributed by atoms with Gasteiger partial charge in [0.1, 0.15) is 5.75 Å². The predicted molar refractivity (Wildman–Crippen MR) is 107 cm³/mol. The van der Waals surface area contributed by atoms with Crippen molar-refractivity contribution in [2.45, 2.75) is 37.7 Å². The first-order valence-corrected chi connectivity index (χ1v) is 12.7. The van der Waals surface area contributed by atoms with E-state index in [-0.39, 0.29) is 5.60 Å². The Kier molecular flexibility index (Phi) is 2.08. The summed E-state index contributed by atoms with van der Waals surface area (Å²) in [6.07, 6.45) is 7.57. The Balaban J connectivity index is 1.24. The SMILES string of the molecule is c1ccc(OC[C@@]23[C@@H]4[C@H]5[C@H]6[C@@H]([C@H]7CCC[C@H]7[C@H]62)[C@@]26CO[C@]23[C@@H]2CC[C@@H]([C@@H]42)[C@H]56)cc1. The molecule has 150 valence electrons. The lowest BCUT2D eigenvalue weighted by Crippen LogP contribution is -2.80. The molecule has 29 heavy (non-hydrogen) atoms. The maximum atomic E-state index is 7.07. The standard InChI is InChI=1S/C27H30O2/c1-2-5-13(6-3-1)28-11-25-21-14-7-4-8-15(14)22-19(21)20-23-16-9-10-17(18(16)24(20)25)27(25)26(22,23)12-29-27/h1-3,5-6,14-24H,4,7-12H2/t14-,15+,16+,17-,18-,19-,20+,21-,22-,23-,24+,25+,26-,27+/m1/s1. The monoisotopic (exact) mass is 386 g/mol. The van der Waals surface area contributed by atoms with E-state index in [1.165, 1.54) is 25.7 Å². The maximum absolute atomic E-state index is 7.07. The van der Waals surface area contributed by atoms with E-state index in [0.29, 0.717) is 10.8 Å². The summed E-state index contributed by atoms with van der Waals surface area (Å²) in [6.45, 7) is 2.09. The summed E-state index contributed by atoms with van der Waals surface area (Å²) in [6, 6.07) is 10.7. The van der Waals surface area contributed by atoms with Crippen molar-refractivity contribution in [3.8, 4) is 5.75 Å². The second kappa shape index (κ2) is 4.06. The van der Waals surface area contributed by atoms with E-state index in [2.05, 4.69) is 30.3 Å². The second-order valence-electron chi connectivity index (χ2n) is 12.6. The van der Waals surface area contributed by atoms with Crippen LogP contribution in [0.2, 0.25) is 0 Å². The van der Waals surface area contributed by atoms with Gasteiger partial charge in [0.15, 0.2) is 0 Å². The molecule has 2 heteroatoms. The lowest BCUT2D eigenvalue weighted by molar-refractivity contribution is -0.393. The Labute approximate surface area is 172 Å². The molecule has 9 rings (SSSR count). The van der Waals surface area contributed by atoms with E-state index >= 15 is 0 Å². The topological polar surface area (TPSA) is 18.5 Å². The molecular formula is C27H30O2. The van der Waals surface area contributed by atoms with Gasteiger partial charge in [0, 0.05) is 10.8 Å². The highest BCUT2D eigenvalue weighted by atomic mass is 16.5. The zero-order valence-electron chi connectivity index (χ0n) is 17.0. The molecule has 8 aliphatic rings. The second-order valence-corrected chi connectivity index (χ2v) is 12.6. The van der Waals surface area contributed by atoms with Crippen LogP contribution in [0.25, 0.3) is 0 Å². The quantitative estimate of drug-likeness (QED) is 0.753. The fraction of sp³-hybridized carbons (Fsp3) is 0.778. The van der Waals surface area contributed by atoms with E-state index in [9.17, 15) is 0 Å². The number of fused-ring (bicyclic) bond motifs is 10. The van der Waals surface area contributed by atoms with Crippen LogP contribution in [-0.2, 0) is 4.74 Å². The third-order valence-electron chi connectivity index (χ3n) is 13.3. The van der Waals surface area contributed by atoms with E-state index in [1.54, 1.807) is 6.42 Å². The molecule has 0 aromatic heterocycles.